The lowest BCUT2D eigenvalue weighted by Gasteiger charge is -2.09. The minimum Gasteiger partial charge on any atom is -0.447 e. The van der Waals surface area contributed by atoms with E-state index in [1.807, 2.05) is 0 Å². The van der Waals surface area contributed by atoms with Crippen molar-refractivity contribution in [3.05, 3.63) is 35.4 Å². The molecular formula is C16H21N3O2. The topological polar surface area (TPSA) is 57.4 Å². The van der Waals surface area contributed by atoms with E-state index in [1.165, 1.54) is 0 Å². The second-order valence-corrected chi connectivity index (χ2v) is 4.34. The first-order valence-corrected chi connectivity index (χ1v) is 6.06. The fraction of sp³-hybridized carbons (Fsp3) is 0.438. The first kappa shape index (κ1) is 5.02. The van der Waals surface area contributed by atoms with Crippen LogP contribution in [-0.4, -0.2) is 49.1 Å². The number of ether oxygens (including phenoxy) is 1. The van der Waals surface area contributed by atoms with Crippen LogP contribution in [-0.2, 0) is 17.5 Å². The lowest BCUT2D eigenvalue weighted by Crippen LogP contribution is -2.28. The third-order valence-electron chi connectivity index (χ3n) is 2.86. The minimum atomic E-state index is -3.40. The number of carbonyl (C=O) groups is 1. The monoisotopic (exact) mass is 301 g/mol. The maximum Gasteiger partial charge on any atom is 0.407 e. The van der Waals surface area contributed by atoms with Crippen molar-refractivity contribution in [2.24, 2.45) is 0 Å². The molecule has 0 spiro atoms. The number of amides is 1. The van der Waals surface area contributed by atoms with Gasteiger partial charge in [0, 0.05) is 37.3 Å². The van der Waals surface area contributed by atoms with Crippen LogP contribution in [0.4, 0.5) is 4.79 Å². The second kappa shape index (κ2) is 5.77. The van der Waals surface area contributed by atoms with Gasteiger partial charge in [0.15, 0.2) is 0 Å². The molecule has 0 aliphatic carbocycles. The van der Waals surface area contributed by atoms with Crippen molar-refractivity contribution < 1.29 is 28.7 Å². The molecule has 3 rings (SSSR count). The molecule has 2 heterocycles. The highest BCUT2D eigenvalue weighted by molar-refractivity contribution is 5.84. The highest BCUT2D eigenvalue weighted by Gasteiger charge is 2.22. The van der Waals surface area contributed by atoms with Crippen molar-refractivity contribution in [3.63, 3.8) is 0 Å². The van der Waals surface area contributed by atoms with Gasteiger partial charge in [-0.2, -0.15) is 0 Å². The molecule has 1 amide bonds. The number of aryl methyl sites for hydroxylation is 1. The summed E-state index contributed by atoms with van der Waals surface area (Å²) in [6.07, 6.45) is -5.08. The van der Waals surface area contributed by atoms with E-state index in [0.29, 0.717) is 0 Å². The third kappa shape index (κ3) is 3.19. The Morgan fingerprint density at radius 1 is 1.57 bits per heavy atom. The molecule has 1 aromatic heterocycles. The summed E-state index contributed by atoms with van der Waals surface area (Å²) < 4.78 is 116. The molecule has 1 aromatic carbocycles. The zero-order valence-corrected chi connectivity index (χ0v) is 10.8. The Morgan fingerprint density at radius 2 is 2.48 bits per heavy atom. The summed E-state index contributed by atoms with van der Waals surface area (Å²) in [4.78, 5) is 13.5. The Balaban J connectivity index is 2.24. The molecule has 1 atom stereocenters. The molecule has 2 N–H and O–H groups in total. The lowest BCUT2D eigenvalue weighted by atomic mass is 10.0. The Bertz CT molecular complexity index is 1160. The number of nitrogens with zero attached hydrogens (tertiary/aromatic N) is 1. The van der Waals surface area contributed by atoms with Crippen molar-refractivity contribution >= 4 is 17.0 Å². The molecule has 1 fully saturated rings. The summed E-state index contributed by atoms with van der Waals surface area (Å²) in [5, 5.41) is 1.89. The van der Waals surface area contributed by atoms with E-state index >= 15 is 0 Å². The fourth-order valence-electron chi connectivity index (χ4n) is 1.93. The number of fused-ring (bicyclic) bond motifs is 1. The molecule has 1 saturated heterocycles. The summed E-state index contributed by atoms with van der Waals surface area (Å²) in [7, 11) is 0. The van der Waals surface area contributed by atoms with E-state index in [9.17, 15) is 4.79 Å². The van der Waals surface area contributed by atoms with Crippen molar-refractivity contribution in [1.82, 2.24) is 15.2 Å². The number of benzene rings is 1. The Labute approximate surface area is 143 Å². The molecule has 0 saturated carbocycles. The molecule has 5 heteroatoms. The van der Waals surface area contributed by atoms with Crippen LogP contribution < -0.4 is 5.32 Å². The van der Waals surface area contributed by atoms with Crippen molar-refractivity contribution in [3.8, 4) is 0 Å². The molecule has 0 unspecified atom stereocenters. The molecule has 112 valence electrons. The molecule has 21 heavy (non-hydrogen) atoms. The maximum atomic E-state index is 11.4. The molecule has 0 bridgehead atoms. The minimum absolute atomic E-state index is 0.267. The summed E-state index contributed by atoms with van der Waals surface area (Å²) >= 11 is 0. The first-order chi connectivity index (χ1) is 15.7. The van der Waals surface area contributed by atoms with E-state index in [-0.39, 0.29) is 21.4 Å². The summed E-state index contributed by atoms with van der Waals surface area (Å²) in [6.45, 7) is -10.3. The summed E-state index contributed by atoms with van der Waals surface area (Å²) in [5.74, 6) is 0. The maximum absolute atomic E-state index is 11.4. The normalized spacial score (nSPS) is 30.5. The Hall–Kier alpha value is -2.01. The molecule has 2 aromatic rings. The van der Waals surface area contributed by atoms with Gasteiger partial charge in [0.25, 0.3) is 0 Å². The van der Waals surface area contributed by atoms with Gasteiger partial charge in [0.05, 0.1) is 11.5 Å². The largest absolute Gasteiger partial charge is 0.447 e. The van der Waals surface area contributed by atoms with Crippen molar-refractivity contribution in [2.75, 3.05) is 27.1 Å². The van der Waals surface area contributed by atoms with Crippen molar-refractivity contribution in [1.29, 1.82) is 0 Å². The van der Waals surface area contributed by atoms with Crippen LogP contribution in [0, 0.1) is 0 Å². The summed E-state index contributed by atoms with van der Waals surface area (Å²) in [6, 6.07) is -3.34. The number of alkyl carbamates (subject to hydrolysis) is 1. The quantitative estimate of drug-likeness (QED) is 0.887. The van der Waals surface area contributed by atoms with Crippen LogP contribution in [0.15, 0.2) is 24.3 Å². The SMILES string of the molecule is [2H]c1[nH]c2c([2H])c([2H])c(C([2H])([2H])[C@H]3COC(=O)N3)c([2H])c2c1CC([2H])([2H])N(C([2H])([2H])[2H])C([2H])([2H])[2H]. The number of nitrogens with one attached hydrogen (secondary N) is 2. The molecular weight excluding hydrogens is 266 g/mol. The predicted molar refractivity (Wildman–Crippen MR) is 82.5 cm³/mol. The van der Waals surface area contributed by atoms with Gasteiger partial charge in [-0.15, -0.1) is 0 Å². The third-order valence-corrected chi connectivity index (χ3v) is 2.86. The van der Waals surface area contributed by atoms with Crippen LogP contribution in [0.1, 0.15) is 30.3 Å². The average molecular weight is 301 g/mol. The van der Waals surface area contributed by atoms with E-state index in [4.69, 9.17) is 23.9 Å². The van der Waals surface area contributed by atoms with E-state index in [1.54, 1.807) is 0 Å². The van der Waals surface area contributed by atoms with Crippen LogP contribution >= 0.6 is 0 Å². The van der Waals surface area contributed by atoms with Crippen LogP contribution in [0.25, 0.3) is 10.9 Å². The van der Waals surface area contributed by atoms with Gasteiger partial charge < -0.3 is 19.9 Å². The van der Waals surface area contributed by atoms with Crippen LogP contribution in [0.2, 0.25) is 0 Å². The zero-order valence-electron chi connectivity index (χ0n) is 24.8. The zero-order chi connectivity index (χ0) is 26.9. The number of likely N-dealkylation sites (N-methyl/N-ethyl adjacent to an activating group) is 1. The first-order valence-electron chi connectivity index (χ1n) is 13.1. The fourth-order valence-corrected chi connectivity index (χ4v) is 1.93. The lowest BCUT2D eigenvalue weighted by molar-refractivity contribution is 0.177. The van der Waals surface area contributed by atoms with E-state index in [0.717, 1.165) is 0 Å². The second-order valence-electron chi connectivity index (χ2n) is 4.34. The van der Waals surface area contributed by atoms with Gasteiger partial charge in [-0.05, 0) is 50.0 Å². The van der Waals surface area contributed by atoms with Gasteiger partial charge in [0.2, 0.25) is 0 Å². The Morgan fingerprint density at radius 3 is 3.24 bits per heavy atom. The van der Waals surface area contributed by atoms with Crippen LogP contribution in [0.5, 0.6) is 0 Å². The Kier molecular flexibility index (Phi) is 1.38. The number of cyclic esters (lactones) is 1. The number of hydrogen-bond donors (Lipinski definition) is 2. The van der Waals surface area contributed by atoms with E-state index in [2.05, 4.69) is 10.3 Å². The molecule has 5 nitrogen and oxygen atoms in total. The average Bonchev–Trinajstić information content (AvgIpc) is 3.21. The number of hydrogen-bond acceptors (Lipinski definition) is 3. The van der Waals surface area contributed by atoms with Gasteiger partial charge in [-0.3, -0.25) is 0 Å². The molecule has 1 aliphatic heterocycles. The molecule has 0 radical (unpaired) electrons. The predicted octanol–water partition coefficient (Wildman–Crippen LogP) is 1.92. The number of H-pyrrole nitrogens is 1. The van der Waals surface area contributed by atoms with Gasteiger partial charge in [-0.1, -0.05) is 6.04 Å². The highest BCUT2D eigenvalue weighted by atomic mass is 16.6. The number of aromatic nitrogens is 1. The standard InChI is InChI=1S/C16H21N3O2/c1-19(2)6-5-12-9-17-15-4-3-11(8-14(12)15)7-13-10-21-16(20)18-13/h3-4,8-9,13,17H,5-7,10H2,1-2H3,(H,18,20)/t13-/m0/s1/i1D3,2D3,3D,4D,6D2,7D2,8D,9D. The molecule has 1 aliphatic rings. The van der Waals surface area contributed by atoms with E-state index < -0.39 is 81.8 Å². The summed E-state index contributed by atoms with van der Waals surface area (Å²) in [5.41, 5.74) is -1.27. The van der Waals surface area contributed by atoms with Gasteiger partial charge >= 0.3 is 6.09 Å². The van der Waals surface area contributed by atoms with Crippen LogP contribution in [0.3, 0.4) is 0 Å². The van der Waals surface area contributed by atoms with Gasteiger partial charge in [-0.25, -0.2) is 4.79 Å². The number of rotatable bonds is 5. The smallest absolute Gasteiger partial charge is 0.407 e. The van der Waals surface area contributed by atoms with Crippen molar-refractivity contribution in [2.45, 2.75) is 18.8 Å². The number of carbonyl (C=O) groups excluding carboxylic acids is 1. The van der Waals surface area contributed by atoms with Gasteiger partial charge in [0.1, 0.15) is 6.61 Å². The number of aromatic amines is 1. The highest BCUT2D eigenvalue weighted by Crippen LogP contribution is 2.21.